The Morgan fingerprint density at radius 2 is 1.71 bits per heavy atom. The first-order chi connectivity index (χ1) is 11.5. The van der Waals surface area contributed by atoms with Crippen molar-refractivity contribution in [1.29, 1.82) is 0 Å². The molecule has 0 atom stereocenters. The maximum atomic E-state index is 12.1. The van der Waals surface area contributed by atoms with Crippen LogP contribution in [0.4, 0.5) is 5.69 Å². The third-order valence-electron chi connectivity index (χ3n) is 3.47. The molecule has 0 fully saturated rings. The minimum atomic E-state index is -0.240. The number of hydrogen-bond acceptors (Lipinski definition) is 3. The van der Waals surface area contributed by atoms with Crippen LogP contribution in [-0.4, -0.2) is 25.5 Å². The van der Waals surface area contributed by atoms with Gasteiger partial charge in [0.05, 0.1) is 7.11 Å². The number of anilines is 1. The Labute approximate surface area is 146 Å². The summed E-state index contributed by atoms with van der Waals surface area (Å²) in [6, 6.07) is 14.2. The zero-order valence-corrected chi connectivity index (χ0v) is 14.3. The molecule has 0 aliphatic carbocycles. The number of benzene rings is 2. The third-order valence-corrected chi connectivity index (χ3v) is 3.72. The molecule has 0 saturated carbocycles. The van der Waals surface area contributed by atoms with Gasteiger partial charge in [0.25, 0.3) is 0 Å². The molecule has 0 aliphatic heterocycles. The van der Waals surface area contributed by atoms with E-state index in [9.17, 15) is 9.59 Å². The van der Waals surface area contributed by atoms with Gasteiger partial charge in [0.15, 0.2) is 0 Å². The van der Waals surface area contributed by atoms with E-state index in [1.165, 1.54) is 11.8 Å². The highest BCUT2D eigenvalue weighted by Gasteiger charge is 2.15. The van der Waals surface area contributed by atoms with Crippen molar-refractivity contribution in [1.82, 2.24) is 5.32 Å². The van der Waals surface area contributed by atoms with Crippen molar-refractivity contribution in [3.05, 3.63) is 59.1 Å². The van der Waals surface area contributed by atoms with Crippen molar-refractivity contribution >= 4 is 29.1 Å². The van der Waals surface area contributed by atoms with Crippen LogP contribution in [0.3, 0.4) is 0 Å². The van der Waals surface area contributed by atoms with Crippen molar-refractivity contribution in [3.8, 4) is 5.75 Å². The van der Waals surface area contributed by atoms with Crippen molar-refractivity contribution < 1.29 is 14.3 Å². The lowest BCUT2D eigenvalue weighted by molar-refractivity contribution is -0.123. The van der Waals surface area contributed by atoms with Crippen LogP contribution in [-0.2, 0) is 16.1 Å². The van der Waals surface area contributed by atoms with E-state index in [1.54, 1.807) is 31.4 Å². The van der Waals surface area contributed by atoms with Crippen LogP contribution in [0.1, 0.15) is 12.5 Å². The largest absolute Gasteiger partial charge is 0.497 e. The zero-order chi connectivity index (χ0) is 17.5. The van der Waals surface area contributed by atoms with Gasteiger partial charge in [0.2, 0.25) is 11.8 Å². The Morgan fingerprint density at radius 1 is 1.08 bits per heavy atom. The van der Waals surface area contributed by atoms with Gasteiger partial charge in [-0.2, -0.15) is 0 Å². The lowest BCUT2D eigenvalue weighted by Gasteiger charge is -2.20. The lowest BCUT2D eigenvalue weighted by Crippen LogP contribution is -2.39. The summed E-state index contributed by atoms with van der Waals surface area (Å²) >= 11 is 5.85. The summed E-state index contributed by atoms with van der Waals surface area (Å²) in [6.45, 7) is 1.76. The van der Waals surface area contributed by atoms with Crippen molar-refractivity contribution in [3.63, 3.8) is 0 Å². The predicted octanol–water partition coefficient (Wildman–Crippen LogP) is 3.02. The number of nitrogens with one attached hydrogen (secondary N) is 1. The summed E-state index contributed by atoms with van der Waals surface area (Å²) in [6.07, 6.45) is 0. The minimum Gasteiger partial charge on any atom is -0.497 e. The quantitative estimate of drug-likeness (QED) is 0.874. The Morgan fingerprint density at radius 3 is 2.25 bits per heavy atom. The van der Waals surface area contributed by atoms with Crippen LogP contribution in [0.25, 0.3) is 0 Å². The molecule has 24 heavy (non-hydrogen) atoms. The number of halogens is 1. The average Bonchev–Trinajstić information content (AvgIpc) is 2.59. The van der Waals surface area contributed by atoms with Gasteiger partial charge in [0, 0.05) is 24.2 Å². The molecule has 2 aromatic carbocycles. The molecule has 0 aliphatic rings. The topological polar surface area (TPSA) is 58.6 Å². The van der Waals surface area contributed by atoms with Gasteiger partial charge in [0.1, 0.15) is 12.3 Å². The molecule has 0 radical (unpaired) electrons. The molecule has 0 aromatic heterocycles. The second-order valence-corrected chi connectivity index (χ2v) is 5.64. The van der Waals surface area contributed by atoms with Gasteiger partial charge < -0.3 is 15.0 Å². The van der Waals surface area contributed by atoms with E-state index in [-0.39, 0.29) is 18.4 Å². The van der Waals surface area contributed by atoms with E-state index < -0.39 is 0 Å². The molecule has 0 saturated heterocycles. The second-order valence-electron chi connectivity index (χ2n) is 5.21. The number of amides is 2. The summed E-state index contributed by atoms with van der Waals surface area (Å²) < 4.78 is 5.09. The van der Waals surface area contributed by atoms with E-state index in [4.69, 9.17) is 16.3 Å². The molecule has 126 valence electrons. The molecule has 5 nitrogen and oxygen atoms in total. The van der Waals surface area contributed by atoms with Gasteiger partial charge >= 0.3 is 0 Å². The molecule has 2 aromatic rings. The normalized spacial score (nSPS) is 10.1. The van der Waals surface area contributed by atoms with Crippen LogP contribution < -0.4 is 15.0 Å². The zero-order valence-electron chi connectivity index (χ0n) is 13.6. The van der Waals surface area contributed by atoms with Gasteiger partial charge in [-0.25, -0.2) is 0 Å². The highest BCUT2D eigenvalue weighted by Crippen LogP contribution is 2.18. The van der Waals surface area contributed by atoms with Crippen LogP contribution in [0.2, 0.25) is 5.02 Å². The Bertz CT molecular complexity index is 699. The van der Waals surface area contributed by atoms with Crippen LogP contribution in [0.5, 0.6) is 5.75 Å². The monoisotopic (exact) mass is 346 g/mol. The molecular weight excluding hydrogens is 328 g/mol. The van der Waals surface area contributed by atoms with Crippen molar-refractivity contribution in [2.75, 3.05) is 18.6 Å². The fourth-order valence-corrected chi connectivity index (χ4v) is 2.27. The molecule has 0 bridgehead atoms. The molecular formula is C18H19ClN2O3. The highest BCUT2D eigenvalue weighted by molar-refractivity contribution is 6.30. The Balaban J connectivity index is 1.95. The SMILES string of the molecule is COc1ccc(CNC(=O)CN(C(C)=O)c2ccc(Cl)cc2)cc1. The summed E-state index contributed by atoms with van der Waals surface area (Å²) in [4.78, 5) is 25.3. The van der Waals surface area contributed by atoms with Gasteiger partial charge in [-0.1, -0.05) is 23.7 Å². The number of carbonyl (C=O) groups excluding carboxylic acids is 2. The minimum absolute atomic E-state index is 0.0485. The number of carbonyl (C=O) groups is 2. The van der Waals surface area contributed by atoms with E-state index in [0.29, 0.717) is 17.3 Å². The van der Waals surface area contributed by atoms with Gasteiger partial charge in [-0.3, -0.25) is 9.59 Å². The molecule has 1 N–H and O–H groups in total. The summed E-state index contributed by atoms with van der Waals surface area (Å²) in [5.74, 6) is 0.309. The summed E-state index contributed by atoms with van der Waals surface area (Å²) in [5.41, 5.74) is 1.58. The molecule has 0 heterocycles. The first-order valence-electron chi connectivity index (χ1n) is 7.43. The van der Waals surface area contributed by atoms with Crippen molar-refractivity contribution in [2.24, 2.45) is 0 Å². The van der Waals surface area contributed by atoms with E-state index >= 15 is 0 Å². The number of hydrogen-bond donors (Lipinski definition) is 1. The second kappa shape index (κ2) is 8.36. The first kappa shape index (κ1) is 17.8. The fourth-order valence-electron chi connectivity index (χ4n) is 2.15. The summed E-state index contributed by atoms with van der Waals surface area (Å²) in [5, 5.41) is 3.38. The fraction of sp³-hybridized carbons (Fsp3) is 0.222. The Hall–Kier alpha value is -2.53. The number of methoxy groups -OCH3 is 1. The average molecular weight is 347 g/mol. The maximum absolute atomic E-state index is 12.1. The summed E-state index contributed by atoms with van der Waals surface area (Å²) in [7, 11) is 1.60. The first-order valence-corrected chi connectivity index (χ1v) is 7.80. The number of nitrogens with zero attached hydrogens (tertiary/aromatic N) is 1. The lowest BCUT2D eigenvalue weighted by atomic mass is 10.2. The highest BCUT2D eigenvalue weighted by atomic mass is 35.5. The van der Waals surface area contributed by atoms with Gasteiger partial charge in [-0.05, 0) is 42.0 Å². The standard InChI is InChI=1S/C18H19ClN2O3/c1-13(22)21(16-7-5-15(19)6-8-16)12-18(23)20-11-14-3-9-17(24-2)10-4-14/h3-10H,11-12H2,1-2H3,(H,20,23). The molecule has 0 spiro atoms. The maximum Gasteiger partial charge on any atom is 0.240 e. The predicted molar refractivity (Wildman–Crippen MR) is 94.3 cm³/mol. The van der Waals surface area contributed by atoms with E-state index in [2.05, 4.69) is 5.32 Å². The number of ether oxygens (including phenoxy) is 1. The Kier molecular flexibility index (Phi) is 6.21. The smallest absolute Gasteiger partial charge is 0.240 e. The van der Waals surface area contributed by atoms with Crippen molar-refractivity contribution in [2.45, 2.75) is 13.5 Å². The van der Waals surface area contributed by atoms with E-state index in [1.807, 2.05) is 24.3 Å². The van der Waals surface area contributed by atoms with Gasteiger partial charge in [-0.15, -0.1) is 0 Å². The van der Waals surface area contributed by atoms with Crippen LogP contribution in [0, 0.1) is 0 Å². The van der Waals surface area contributed by atoms with Crippen LogP contribution in [0.15, 0.2) is 48.5 Å². The van der Waals surface area contributed by atoms with Crippen LogP contribution >= 0.6 is 11.6 Å². The molecule has 2 amide bonds. The van der Waals surface area contributed by atoms with E-state index in [0.717, 1.165) is 11.3 Å². The molecule has 6 heteroatoms. The third kappa shape index (κ3) is 4.99. The molecule has 2 rings (SSSR count). The number of rotatable bonds is 6. The molecule has 0 unspecified atom stereocenters.